The van der Waals surface area contributed by atoms with E-state index in [-0.39, 0.29) is 29.9 Å². The number of nitrogens with zero attached hydrogens (tertiary/aromatic N) is 1. The van der Waals surface area contributed by atoms with E-state index in [1.165, 1.54) is 23.5 Å². The van der Waals surface area contributed by atoms with Gasteiger partial charge >= 0.3 is 0 Å². The first kappa shape index (κ1) is 13.2. The fraction of sp³-hybridized carbons (Fsp3) is 0.438. The number of aliphatic hydroxyl groups excluding tert-OH is 1. The molecule has 3 heterocycles. The van der Waals surface area contributed by atoms with Gasteiger partial charge in [-0.05, 0) is 55.3 Å². The summed E-state index contributed by atoms with van der Waals surface area (Å²) in [7, 11) is 0. The Morgan fingerprint density at radius 1 is 1.24 bits per heavy atom. The Hall–Kier alpha value is -1.46. The molecule has 4 rings (SSSR count). The van der Waals surface area contributed by atoms with Crippen LogP contribution in [0.25, 0.3) is 10.1 Å². The van der Waals surface area contributed by atoms with Gasteiger partial charge in [0.15, 0.2) is 0 Å². The molecule has 2 aliphatic heterocycles. The van der Waals surface area contributed by atoms with Gasteiger partial charge in [-0.2, -0.15) is 0 Å². The van der Waals surface area contributed by atoms with E-state index in [0.717, 1.165) is 22.9 Å². The van der Waals surface area contributed by atoms with Gasteiger partial charge in [-0.25, -0.2) is 4.39 Å². The Balaban J connectivity index is 1.67. The summed E-state index contributed by atoms with van der Waals surface area (Å²) in [6, 6.07) is 6.73. The van der Waals surface area contributed by atoms with E-state index >= 15 is 0 Å². The van der Waals surface area contributed by atoms with Crippen molar-refractivity contribution in [3.63, 3.8) is 0 Å². The molecule has 2 fully saturated rings. The smallest absolute Gasteiger partial charge is 0.264 e. The number of fused-ring (bicyclic) bond motifs is 3. The number of thiophene rings is 1. The quantitative estimate of drug-likeness (QED) is 0.879. The molecule has 0 aliphatic carbocycles. The van der Waals surface area contributed by atoms with Gasteiger partial charge in [-0.3, -0.25) is 4.79 Å². The van der Waals surface area contributed by atoms with Crippen molar-refractivity contribution in [2.75, 3.05) is 0 Å². The summed E-state index contributed by atoms with van der Waals surface area (Å²) in [5.74, 6) is -0.239. The maximum absolute atomic E-state index is 13.3. The molecule has 1 aromatic carbocycles. The highest BCUT2D eigenvalue weighted by molar-refractivity contribution is 7.20. The predicted octanol–water partition coefficient (Wildman–Crippen LogP) is 3.17. The summed E-state index contributed by atoms with van der Waals surface area (Å²) in [5.41, 5.74) is 0. The van der Waals surface area contributed by atoms with Gasteiger partial charge in [0.05, 0.1) is 11.0 Å². The van der Waals surface area contributed by atoms with E-state index in [1.807, 2.05) is 4.90 Å². The zero-order valence-corrected chi connectivity index (χ0v) is 12.3. The van der Waals surface area contributed by atoms with Crippen LogP contribution in [0.15, 0.2) is 24.3 Å². The summed E-state index contributed by atoms with van der Waals surface area (Å²) >= 11 is 1.42. The van der Waals surface area contributed by atoms with Gasteiger partial charge in [0.1, 0.15) is 5.82 Å². The molecule has 5 heteroatoms. The van der Waals surface area contributed by atoms with Gasteiger partial charge in [0, 0.05) is 16.8 Å². The van der Waals surface area contributed by atoms with Crippen LogP contribution in [0.3, 0.4) is 0 Å². The van der Waals surface area contributed by atoms with E-state index in [0.29, 0.717) is 17.7 Å². The van der Waals surface area contributed by atoms with Crippen LogP contribution >= 0.6 is 11.3 Å². The summed E-state index contributed by atoms with van der Waals surface area (Å²) in [6.07, 6.45) is 3.05. The molecule has 0 radical (unpaired) electrons. The molecule has 2 unspecified atom stereocenters. The predicted molar refractivity (Wildman–Crippen MR) is 80.0 cm³/mol. The van der Waals surface area contributed by atoms with Gasteiger partial charge in [-0.15, -0.1) is 11.3 Å². The number of hydrogen-bond acceptors (Lipinski definition) is 3. The molecule has 2 bridgehead atoms. The third kappa shape index (κ3) is 2.15. The molecule has 2 aromatic rings. The molecular formula is C16H16FNO2S. The molecular weight excluding hydrogens is 289 g/mol. The van der Waals surface area contributed by atoms with Gasteiger partial charge in [-0.1, -0.05) is 0 Å². The molecule has 2 atom stereocenters. The van der Waals surface area contributed by atoms with E-state index in [4.69, 9.17) is 0 Å². The Kier molecular flexibility index (Phi) is 3.01. The minimum absolute atomic E-state index is 0.0380. The number of carbonyl (C=O) groups excluding carboxylic acids is 1. The SMILES string of the molecule is O=C(c1cc2cc(F)ccc2s1)N1C2CCC1CC(O)C2. The lowest BCUT2D eigenvalue weighted by atomic mass is 9.99. The largest absolute Gasteiger partial charge is 0.393 e. The third-order valence-electron chi connectivity index (χ3n) is 4.63. The van der Waals surface area contributed by atoms with Gasteiger partial charge in [0.25, 0.3) is 5.91 Å². The number of piperidine rings is 1. The van der Waals surface area contributed by atoms with Crippen molar-refractivity contribution in [1.82, 2.24) is 4.90 Å². The maximum Gasteiger partial charge on any atom is 0.264 e. The number of carbonyl (C=O) groups is 1. The van der Waals surface area contributed by atoms with Crippen molar-refractivity contribution in [2.24, 2.45) is 0 Å². The third-order valence-corrected chi connectivity index (χ3v) is 5.74. The Morgan fingerprint density at radius 2 is 1.95 bits per heavy atom. The molecule has 1 amide bonds. The minimum Gasteiger partial charge on any atom is -0.393 e. The number of rotatable bonds is 1. The summed E-state index contributed by atoms with van der Waals surface area (Å²) in [6.45, 7) is 0. The van der Waals surface area contributed by atoms with Crippen LogP contribution in [0.5, 0.6) is 0 Å². The molecule has 2 saturated heterocycles. The lowest BCUT2D eigenvalue weighted by Gasteiger charge is -2.36. The van der Waals surface area contributed by atoms with Gasteiger partial charge < -0.3 is 10.0 Å². The second kappa shape index (κ2) is 4.78. The summed E-state index contributed by atoms with van der Waals surface area (Å²) in [5, 5.41) is 10.6. The monoisotopic (exact) mass is 305 g/mol. The second-order valence-corrected chi connectivity index (χ2v) is 7.10. The van der Waals surface area contributed by atoms with Crippen molar-refractivity contribution >= 4 is 27.3 Å². The number of aliphatic hydroxyl groups is 1. The second-order valence-electron chi connectivity index (χ2n) is 6.02. The molecule has 0 saturated carbocycles. The molecule has 0 spiro atoms. The Morgan fingerprint density at radius 3 is 2.67 bits per heavy atom. The van der Waals surface area contributed by atoms with Crippen LogP contribution in [0.4, 0.5) is 4.39 Å². The molecule has 1 aromatic heterocycles. The van der Waals surface area contributed by atoms with Crippen molar-refractivity contribution in [1.29, 1.82) is 0 Å². The van der Waals surface area contributed by atoms with Crippen molar-refractivity contribution in [3.8, 4) is 0 Å². The van der Waals surface area contributed by atoms with Crippen molar-refractivity contribution in [3.05, 3.63) is 35.0 Å². The molecule has 1 N–H and O–H groups in total. The maximum atomic E-state index is 13.3. The first-order valence-corrected chi connectivity index (χ1v) is 8.13. The number of halogens is 1. The molecule has 2 aliphatic rings. The zero-order chi connectivity index (χ0) is 14.6. The normalized spacial score (nSPS) is 28.3. The standard InChI is InChI=1S/C16H16FNO2S/c17-10-1-4-14-9(5-10)6-15(21-14)16(20)18-11-2-3-12(18)8-13(19)7-11/h1,4-6,11-13,19H,2-3,7-8H2. The first-order valence-electron chi connectivity index (χ1n) is 7.31. The molecule has 110 valence electrons. The lowest BCUT2D eigenvalue weighted by Crippen LogP contribution is -2.47. The van der Waals surface area contributed by atoms with Crippen molar-refractivity contribution in [2.45, 2.75) is 43.9 Å². The van der Waals surface area contributed by atoms with Crippen LogP contribution in [0.1, 0.15) is 35.4 Å². The Labute approximate surface area is 126 Å². The lowest BCUT2D eigenvalue weighted by molar-refractivity contribution is 0.0290. The number of benzene rings is 1. The zero-order valence-electron chi connectivity index (χ0n) is 11.5. The van der Waals surface area contributed by atoms with E-state index in [9.17, 15) is 14.3 Å². The Bertz CT molecular complexity index is 699. The fourth-order valence-corrected chi connectivity index (χ4v) is 4.71. The summed E-state index contributed by atoms with van der Waals surface area (Å²) in [4.78, 5) is 15.4. The molecule has 3 nitrogen and oxygen atoms in total. The van der Waals surface area contributed by atoms with Gasteiger partial charge in [0.2, 0.25) is 0 Å². The van der Waals surface area contributed by atoms with Crippen LogP contribution in [-0.4, -0.2) is 34.1 Å². The van der Waals surface area contributed by atoms with E-state index in [2.05, 4.69) is 0 Å². The highest BCUT2D eigenvalue weighted by Crippen LogP contribution is 2.38. The average molecular weight is 305 g/mol. The fourth-order valence-electron chi connectivity index (χ4n) is 3.73. The highest BCUT2D eigenvalue weighted by atomic mass is 32.1. The number of hydrogen-bond donors (Lipinski definition) is 1. The van der Waals surface area contributed by atoms with E-state index in [1.54, 1.807) is 12.1 Å². The van der Waals surface area contributed by atoms with Crippen LogP contribution in [0, 0.1) is 5.82 Å². The number of amides is 1. The van der Waals surface area contributed by atoms with E-state index < -0.39 is 0 Å². The molecule has 21 heavy (non-hydrogen) atoms. The van der Waals surface area contributed by atoms with Crippen LogP contribution in [-0.2, 0) is 0 Å². The first-order chi connectivity index (χ1) is 10.1. The topological polar surface area (TPSA) is 40.5 Å². The van der Waals surface area contributed by atoms with Crippen LogP contribution in [0.2, 0.25) is 0 Å². The summed E-state index contributed by atoms with van der Waals surface area (Å²) < 4.78 is 14.2. The minimum atomic E-state index is -0.277. The van der Waals surface area contributed by atoms with Crippen LogP contribution < -0.4 is 0 Å². The van der Waals surface area contributed by atoms with Crippen molar-refractivity contribution < 1.29 is 14.3 Å². The average Bonchev–Trinajstić information content (AvgIpc) is 2.97. The highest BCUT2D eigenvalue weighted by Gasteiger charge is 2.43.